The van der Waals surface area contributed by atoms with E-state index in [4.69, 9.17) is 14.2 Å². The molecule has 0 bridgehead atoms. The Bertz CT molecular complexity index is 1030. The van der Waals surface area contributed by atoms with E-state index in [9.17, 15) is 4.79 Å². The number of anilines is 2. The van der Waals surface area contributed by atoms with Gasteiger partial charge in [-0.2, -0.15) is 0 Å². The smallest absolute Gasteiger partial charge is 0.338 e. The summed E-state index contributed by atoms with van der Waals surface area (Å²) < 4.78 is 17.1. The first-order valence-corrected chi connectivity index (χ1v) is 11.6. The number of carbonyl (C=O) groups is 1. The van der Waals surface area contributed by atoms with Crippen LogP contribution in [0.5, 0.6) is 11.5 Å². The highest BCUT2D eigenvalue weighted by atomic mass is 32.1. The van der Waals surface area contributed by atoms with Crippen LogP contribution in [0.2, 0.25) is 0 Å². The first-order chi connectivity index (χ1) is 15.3. The zero-order valence-electron chi connectivity index (χ0n) is 19.3. The van der Waals surface area contributed by atoms with Crippen LogP contribution in [0, 0.1) is 0 Å². The molecule has 0 amide bonds. The molecule has 0 aliphatic carbocycles. The molecule has 0 saturated heterocycles. The van der Waals surface area contributed by atoms with Gasteiger partial charge in [-0.25, -0.2) is 4.79 Å². The van der Waals surface area contributed by atoms with E-state index in [0.717, 1.165) is 16.3 Å². The Hall–Kier alpha value is -3.06. The van der Waals surface area contributed by atoms with Crippen molar-refractivity contribution in [1.29, 1.82) is 0 Å². The second-order valence-electron chi connectivity index (χ2n) is 8.10. The molecular formula is C25H30N2O4S. The zero-order valence-corrected chi connectivity index (χ0v) is 20.1. The summed E-state index contributed by atoms with van der Waals surface area (Å²) >= 11 is 1.58. The van der Waals surface area contributed by atoms with Crippen LogP contribution in [-0.4, -0.2) is 29.8 Å². The molecule has 0 aliphatic rings. The van der Waals surface area contributed by atoms with Crippen molar-refractivity contribution in [2.45, 2.75) is 46.8 Å². The van der Waals surface area contributed by atoms with Crippen LogP contribution in [0.25, 0.3) is 0 Å². The first kappa shape index (κ1) is 23.6. The molecule has 1 heterocycles. The Morgan fingerprint density at radius 3 is 2.38 bits per heavy atom. The third kappa shape index (κ3) is 6.23. The van der Waals surface area contributed by atoms with E-state index in [1.807, 2.05) is 82.7 Å². The van der Waals surface area contributed by atoms with E-state index >= 15 is 0 Å². The molecular weight excluding hydrogens is 424 g/mol. The van der Waals surface area contributed by atoms with Crippen molar-refractivity contribution in [3.63, 3.8) is 0 Å². The van der Waals surface area contributed by atoms with Crippen LogP contribution in [0.4, 0.5) is 11.4 Å². The molecule has 0 saturated carbocycles. The molecule has 32 heavy (non-hydrogen) atoms. The predicted molar refractivity (Wildman–Crippen MR) is 128 cm³/mol. The van der Waals surface area contributed by atoms with Gasteiger partial charge in [0.2, 0.25) is 0 Å². The standard InChI is InChI=1S/C25H30N2O4S/c1-6-29-22-12-11-20(14-23(22)30-7-2)27(16-21-15-26-17-32-21)19-10-8-9-18(13-19)24(28)31-25(3,4)5/h8-15,17H,6-7,16H2,1-5H3. The fraction of sp³-hybridized carbons (Fsp3) is 0.360. The van der Waals surface area contributed by atoms with E-state index < -0.39 is 5.60 Å². The number of benzene rings is 2. The lowest BCUT2D eigenvalue weighted by Gasteiger charge is -2.26. The second kappa shape index (κ2) is 10.5. The molecule has 6 nitrogen and oxygen atoms in total. The number of rotatable bonds is 9. The van der Waals surface area contributed by atoms with Gasteiger partial charge in [-0.05, 0) is 65.0 Å². The molecule has 3 aromatic rings. The van der Waals surface area contributed by atoms with Crippen molar-refractivity contribution in [3.8, 4) is 11.5 Å². The van der Waals surface area contributed by atoms with Gasteiger partial charge in [0.05, 0.1) is 30.8 Å². The van der Waals surface area contributed by atoms with Gasteiger partial charge in [-0.3, -0.25) is 4.98 Å². The minimum Gasteiger partial charge on any atom is -0.490 e. The highest BCUT2D eigenvalue weighted by Gasteiger charge is 2.20. The lowest BCUT2D eigenvalue weighted by molar-refractivity contribution is 0.00695. The number of hydrogen-bond donors (Lipinski definition) is 0. The topological polar surface area (TPSA) is 60.9 Å². The number of hydrogen-bond acceptors (Lipinski definition) is 7. The van der Waals surface area contributed by atoms with Crippen LogP contribution < -0.4 is 14.4 Å². The molecule has 1 aromatic heterocycles. The molecule has 0 N–H and O–H groups in total. The summed E-state index contributed by atoms with van der Waals surface area (Å²) in [4.78, 5) is 20.1. The second-order valence-corrected chi connectivity index (χ2v) is 9.07. The number of carbonyl (C=O) groups excluding carboxylic acids is 1. The third-order valence-corrected chi connectivity index (χ3v) is 5.19. The minimum atomic E-state index is -0.559. The summed E-state index contributed by atoms with van der Waals surface area (Å²) in [5.74, 6) is 1.04. The lowest BCUT2D eigenvalue weighted by atomic mass is 10.1. The Labute approximate surface area is 193 Å². The predicted octanol–water partition coefficient (Wildman–Crippen LogP) is 6.23. The highest BCUT2D eigenvalue weighted by molar-refractivity contribution is 7.09. The number of ether oxygens (including phenoxy) is 3. The number of aromatic nitrogens is 1. The molecule has 0 unspecified atom stereocenters. The lowest BCUT2D eigenvalue weighted by Crippen LogP contribution is -2.24. The summed E-state index contributed by atoms with van der Waals surface area (Å²) in [6, 6.07) is 13.3. The normalized spacial score (nSPS) is 11.2. The zero-order chi connectivity index (χ0) is 23.1. The quantitative estimate of drug-likeness (QED) is 0.357. The van der Waals surface area contributed by atoms with Crippen LogP contribution in [0.15, 0.2) is 54.2 Å². The van der Waals surface area contributed by atoms with Gasteiger partial charge < -0.3 is 19.1 Å². The van der Waals surface area contributed by atoms with E-state index in [-0.39, 0.29) is 5.97 Å². The number of nitrogens with zero attached hydrogens (tertiary/aromatic N) is 2. The minimum absolute atomic E-state index is 0.348. The first-order valence-electron chi connectivity index (χ1n) is 10.7. The fourth-order valence-electron chi connectivity index (χ4n) is 3.15. The van der Waals surface area contributed by atoms with Crippen molar-refractivity contribution in [2.75, 3.05) is 18.1 Å². The van der Waals surface area contributed by atoms with Crippen LogP contribution in [0.3, 0.4) is 0 Å². The van der Waals surface area contributed by atoms with Gasteiger partial charge in [-0.1, -0.05) is 6.07 Å². The monoisotopic (exact) mass is 454 g/mol. The molecule has 0 fully saturated rings. The third-order valence-electron chi connectivity index (χ3n) is 4.43. The molecule has 0 spiro atoms. The summed E-state index contributed by atoms with van der Waals surface area (Å²) in [5, 5.41) is 0. The van der Waals surface area contributed by atoms with Gasteiger partial charge >= 0.3 is 5.97 Å². The molecule has 170 valence electrons. The summed E-state index contributed by atoms with van der Waals surface area (Å²) in [5.41, 5.74) is 3.55. The Balaban J connectivity index is 2.01. The average Bonchev–Trinajstić information content (AvgIpc) is 3.26. The molecule has 0 radical (unpaired) electrons. The van der Waals surface area contributed by atoms with Gasteiger partial charge in [0.1, 0.15) is 5.60 Å². The van der Waals surface area contributed by atoms with Crippen molar-refractivity contribution in [2.24, 2.45) is 0 Å². The Morgan fingerprint density at radius 1 is 1.00 bits per heavy atom. The van der Waals surface area contributed by atoms with Crippen LogP contribution in [0.1, 0.15) is 49.9 Å². The maximum atomic E-state index is 12.7. The maximum Gasteiger partial charge on any atom is 0.338 e. The molecule has 7 heteroatoms. The number of thiazole rings is 1. The van der Waals surface area contributed by atoms with Gasteiger partial charge in [0, 0.05) is 28.5 Å². The summed E-state index contributed by atoms with van der Waals surface area (Å²) in [6.45, 7) is 11.2. The molecule has 2 aromatic carbocycles. The fourth-order valence-corrected chi connectivity index (χ4v) is 3.74. The van der Waals surface area contributed by atoms with Crippen LogP contribution >= 0.6 is 11.3 Å². The maximum absolute atomic E-state index is 12.7. The van der Waals surface area contributed by atoms with E-state index in [1.165, 1.54) is 0 Å². The Morgan fingerprint density at radius 2 is 1.72 bits per heavy atom. The van der Waals surface area contributed by atoms with Gasteiger partial charge in [0.15, 0.2) is 11.5 Å². The molecule has 3 rings (SSSR count). The van der Waals surface area contributed by atoms with E-state index in [2.05, 4.69) is 9.88 Å². The molecule has 0 atom stereocenters. The largest absolute Gasteiger partial charge is 0.490 e. The average molecular weight is 455 g/mol. The number of esters is 1. The highest BCUT2D eigenvalue weighted by Crippen LogP contribution is 2.36. The summed E-state index contributed by atoms with van der Waals surface area (Å²) in [6.07, 6.45) is 1.85. The Kier molecular flexibility index (Phi) is 7.75. The summed E-state index contributed by atoms with van der Waals surface area (Å²) in [7, 11) is 0. The van der Waals surface area contributed by atoms with Crippen molar-refractivity contribution in [3.05, 3.63) is 64.6 Å². The van der Waals surface area contributed by atoms with Crippen molar-refractivity contribution < 1.29 is 19.0 Å². The SMILES string of the molecule is CCOc1ccc(N(Cc2cncs2)c2cccc(C(=O)OC(C)(C)C)c2)cc1OCC. The van der Waals surface area contributed by atoms with E-state index in [1.54, 1.807) is 17.4 Å². The van der Waals surface area contributed by atoms with Crippen molar-refractivity contribution in [1.82, 2.24) is 4.98 Å². The van der Waals surface area contributed by atoms with Gasteiger partial charge in [0.25, 0.3) is 0 Å². The van der Waals surface area contributed by atoms with Crippen LogP contribution in [-0.2, 0) is 11.3 Å². The van der Waals surface area contributed by atoms with Gasteiger partial charge in [-0.15, -0.1) is 11.3 Å². The van der Waals surface area contributed by atoms with Crippen molar-refractivity contribution >= 4 is 28.7 Å². The van der Waals surface area contributed by atoms with E-state index in [0.29, 0.717) is 36.8 Å². The molecule has 0 aliphatic heterocycles.